The minimum Gasteiger partial charge on any atom is -0.395 e. The van der Waals surface area contributed by atoms with Gasteiger partial charge >= 0.3 is 0 Å². The van der Waals surface area contributed by atoms with Crippen LogP contribution >= 0.6 is 0 Å². The molecule has 0 saturated heterocycles. The van der Waals surface area contributed by atoms with E-state index >= 15 is 0 Å². The highest BCUT2D eigenvalue weighted by molar-refractivity contribution is 7.91. The van der Waals surface area contributed by atoms with Crippen LogP contribution < -0.4 is 0 Å². The van der Waals surface area contributed by atoms with Gasteiger partial charge in [-0.1, -0.05) is 13.3 Å². The number of carbonyl (C=O) groups excluding carboxylic acids is 1. The standard InChI is InChI=1S/C10H21NO4S/c1-3-4-5-10(13)11(2)6-8-16(14,15)9-7-12/h12H,3-9H2,1-2H3. The number of carbonyl (C=O) groups is 1. The number of nitrogens with zero attached hydrogens (tertiary/aromatic N) is 1. The van der Waals surface area contributed by atoms with Gasteiger partial charge in [0, 0.05) is 20.0 Å². The monoisotopic (exact) mass is 251 g/mol. The minimum absolute atomic E-state index is 0.0268. The molecule has 0 aromatic heterocycles. The van der Waals surface area contributed by atoms with E-state index in [1.54, 1.807) is 7.05 Å². The molecular formula is C10H21NO4S. The summed E-state index contributed by atoms with van der Waals surface area (Å²) in [7, 11) is -1.62. The SMILES string of the molecule is CCCCC(=O)N(C)CCS(=O)(=O)CCO. The normalized spacial score (nSPS) is 11.4. The molecule has 1 amide bonds. The molecule has 5 nitrogen and oxygen atoms in total. The first-order valence-electron chi connectivity index (χ1n) is 5.48. The number of unbranched alkanes of at least 4 members (excludes halogenated alkanes) is 1. The van der Waals surface area contributed by atoms with Crippen molar-refractivity contribution >= 4 is 15.7 Å². The third-order valence-corrected chi connectivity index (χ3v) is 3.92. The molecule has 0 bridgehead atoms. The molecule has 0 unspecified atom stereocenters. The maximum atomic E-state index is 11.5. The molecule has 0 radical (unpaired) electrons. The highest BCUT2D eigenvalue weighted by Gasteiger charge is 2.14. The Hall–Kier alpha value is -0.620. The van der Waals surface area contributed by atoms with E-state index in [4.69, 9.17) is 5.11 Å². The van der Waals surface area contributed by atoms with Gasteiger partial charge < -0.3 is 10.0 Å². The number of rotatable bonds is 8. The van der Waals surface area contributed by atoms with Gasteiger partial charge in [0.1, 0.15) is 0 Å². The van der Waals surface area contributed by atoms with Crippen LogP contribution in [0.2, 0.25) is 0 Å². The first kappa shape index (κ1) is 15.4. The van der Waals surface area contributed by atoms with Gasteiger partial charge in [-0.25, -0.2) is 8.42 Å². The van der Waals surface area contributed by atoms with Crippen LogP contribution in [-0.2, 0) is 14.6 Å². The molecule has 0 rings (SSSR count). The van der Waals surface area contributed by atoms with Crippen LogP contribution in [0.25, 0.3) is 0 Å². The van der Waals surface area contributed by atoms with E-state index in [0.717, 1.165) is 12.8 Å². The molecule has 6 heteroatoms. The second-order valence-electron chi connectivity index (χ2n) is 3.79. The van der Waals surface area contributed by atoms with Crippen LogP contribution in [0.15, 0.2) is 0 Å². The van der Waals surface area contributed by atoms with E-state index < -0.39 is 9.84 Å². The number of hydrogen-bond donors (Lipinski definition) is 1. The lowest BCUT2D eigenvalue weighted by atomic mass is 10.2. The predicted molar refractivity (Wildman–Crippen MR) is 62.9 cm³/mol. The fourth-order valence-corrected chi connectivity index (χ4v) is 2.20. The number of aliphatic hydroxyl groups excluding tert-OH is 1. The Morgan fingerprint density at radius 2 is 1.94 bits per heavy atom. The Balaban J connectivity index is 3.97. The summed E-state index contributed by atoms with van der Waals surface area (Å²) in [6.45, 7) is 1.83. The zero-order valence-electron chi connectivity index (χ0n) is 9.98. The van der Waals surface area contributed by atoms with Gasteiger partial charge in [0.2, 0.25) is 5.91 Å². The van der Waals surface area contributed by atoms with E-state index in [1.807, 2.05) is 6.92 Å². The Morgan fingerprint density at radius 3 is 2.44 bits per heavy atom. The predicted octanol–water partition coefficient (Wildman–Crippen LogP) is 0.0421. The Bertz CT molecular complexity index is 300. The van der Waals surface area contributed by atoms with E-state index in [1.165, 1.54) is 4.90 Å². The number of amides is 1. The lowest BCUT2D eigenvalue weighted by Gasteiger charge is -2.16. The minimum atomic E-state index is -3.22. The molecule has 0 atom stereocenters. The summed E-state index contributed by atoms with van der Waals surface area (Å²) in [6, 6.07) is 0. The average Bonchev–Trinajstić information content (AvgIpc) is 2.22. The van der Waals surface area contributed by atoms with E-state index in [0.29, 0.717) is 6.42 Å². The molecule has 0 saturated carbocycles. The second-order valence-corrected chi connectivity index (χ2v) is 6.10. The zero-order valence-corrected chi connectivity index (χ0v) is 10.8. The van der Waals surface area contributed by atoms with Crippen LogP contribution in [0.5, 0.6) is 0 Å². The van der Waals surface area contributed by atoms with Gasteiger partial charge in [0.05, 0.1) is 18.1 Å². The van der Waals surface area contributed by atoms with E-state index in [-0.39, 0.29) is 30.6 Å². The summed E-state index contributed by atoms with van der Waals surface area (Å²) in [5.74, 6) is -0.340. The highest BCUT2D eigenvalue weighted by Crippen LogP contribution is 1.99. The Morgan fingerprint density at radius 1 is 1.31 bits per heavy atom. The van der Waals surface area contributed by atoms with Gasteiger partial charge in [-0.2, -0.15) is 0 Å². The first-order chi connectivity index (χ1) is 7.43. The summed E-state index contributed by atoms with van der Waals surface area (Å²) < 4.78 is 22.5. The fourth-order valence-electron chi connectivity index (χ4n) is 1.16. The van der Waals surface area contributed by atoms with Gasteiger partial charge in [0.25, 0.3) is 0 Å². The smallest absolute Gasteiger partial charge is 0.222 e. The largest absolute Gasteiger partial charge is 0.395 e. The number of hydrogen-bond acceptors (Lipinski definition) is 4. The Kier molecular flexibility index (Phi) is 7.33. The van der Waals surface area contributed by atoms with Crippen molar-refractivity contribution in [2.45, 2.75) is 26.2 Å². The molecule has 0 spiro atoms. The second kappa shape index (κ2) is 7.62. The molecule has 0 aromatic carbocycles. The van der Waals surface area contributed by atoms with Crippen molar-refractivity contribution in [1.82, 2.24) is 4.90 Å². The molecule has 0 heterocycles. The molecule has 1 N–H and O–H groups in total. The molecule has 0 aliphatic rings. The van der Waals surface area contributed by atoms with Crippen molar-refractivity contribution in [2.75, 3.05) is 31.7 Å². The van der Waals surface area contributed by atoms with Crippen LogP contribution in [-0.4, -0.2) is 56.0 Å². The zero-order chi connectivity index (χ0) is 12.6. The molecule has 16 heavy (non-hydrogen) atoms. The molecule has 0 fully saturated rings. The van der Waals surface area contributed by atoms with Crippen molar-refractivity contribution in [3.63, 3.8) is 0 Å². The van der Waals surface area contributed by atoms with Crippen molar-refractivity contribution < 1.29 is 18.3 Å². The van der Waals surface area contributed by atoms with Crippen LogP contribution in [0, 0.1) is 0 Å². The van der Waals surface area contributed by atoms with Crippen molar-refractivity contribution in [3.8, 4) is 0 Å². The van der Waals surface area contributed by atoms with E-state index in [9.17, 15) is 13.2 Å². The lowest BCUT2D eigenvalue weighted by molar-refractivity contribution is -0.129. The van der Waals surface area contributed by atoms with Gasteiger partial charge in [-0.3, -0.25) is 4.79 Å². The maximum Gasteiger partial charge on any atom is 0.222 e. The lowest BCUT2D eigenvalue weighted by Crippen LogP contribution is -2.32. The topological polar surface area (TPSA) is 74.7 Å². The molecule has 0 aliphatic carbocycles. The average molecular weight is 251 g/mol. The fraction of sp³-hybridized carbons (Fsp3) is 0.900. The van der Waals surface area contributed by atoms with Crippen LogP contribution in [0.1, 0.15) is 26.2 Å². The molecule has 0 aromatic rings. The molecular weight excluding hydrogens is 230 g/mol. The summed E-state index contributed by atoms with van der Waals surface area (Å²) >= 11 is 0. The molecule has 96 valence electrons. The summed E-state index contributed by atoms with van der Waals surface area (Å²) in [4.78, 5) is 12.9. The third-order valence-electron chi connectivity index (χ3n) is 2.31. The van der Waals surface area contributed by atoms with Crippen LogP contribution in [0.3, 0.4) is 0 Å². The van der Waals surface area contributed by atoms with E-state index in [2.05, 4.69) is 0 Å². The van der Waals surface area contributed by atoms with Crippen molar-refractivity contribution in [1.29, 1.82) is 0 Å². The third kappa shape index (κ3) is 6.79. The van der Waals surface area contributed by atoms with Gasteiger partial charge in [-0.05, 0) is 6.42 Å². The van der Waals surface area contributed by atoms with Crippen molar-refractivity contribution in [2.24, 2.45) is 0 Å². The number of aliphatic hydroxyl groups is 1. The van der Waals surface area contributed by atoms with Crippen molar-refractivity contribution in [3.05, 3.63) is 0 Å². The first-order valence-corrected chi connectivity index (χ1v) is 7.30. The Labute approximate surface area is 97.4 Å². The number of sulfone groups is 1. The highest BCUT2D eigenvalue weighted by atomic mass is 32.2. The molecule has 0 aliphatic heterocycles. The summed E-state index contributed by atoms with van der Waals surface area (Å²) in [6.07, 6.45) is 2.24. The van der Waals surface area contributed by atoms with Crippen LogP contribution in [0.4, 0.5) is 0 Å². The maximum absolute atomic E-state index is 11.5. The van der Waals surface area contributed by atoms with Gasteiger partial charge in [0.15, 0.2) is 9.84 Å². The quantitative estimate of drug-likeness (QED) is 0.661. The van der Waals surface area contributed by atoms with Gasteiger partial charge in [-0.15, -0.1) is 0 Å². The summed E-state index contributed by atoms with van der Waals surface area (Å²) in [5.41, 5.74) is 0. The summed E-state index contributed by atoms with van der Waals surface area (Å²) in [5, 5.41) is 8.53.